The highest BCUT2D eigenvalue weighted by Gasteiger charge is 2.27. The average molecular weight is 478 g/mol. The molecule has 5 rings (SSSR count). The summed E-state index contributed by atoms with van der Waals surface area (Å²) in [7, 11) is -3.18. The third-order valence-corrected chi connectivity index (χ3v) is 7.52. The van der Waals surface area contributed by atoms with Gasteiger partial charge >= 0.3 is 0 Å². The van der Waals surface area contributed by atoms with E-state index >= 15 is 0 Å². The van der Waals surface area contributed by atoms with Gasteiger partial charge in [-0.1, -0.05) is 30.3 Å². The summed E-state index contributed by atoms with van der Waals surface area (Å²) in [5.41, 5.74) is 1.72. The Hall–Kier alpha value is -3.30. The summed E-state index contributed by atoms with van der Waals surface area (Å²) >= 11 is 0. The molecule has 4 aromatic rings. The number of nitrogens with zero attached hydrogens (tertiary/aromatic N) is 4. The second-order valence-electron chi connectivity index (χ2n) is 8.66. The quantitative estimate of drug-likeness (QED) is 0.445. The molecule has 0 aliphatic carbocycles. The molecule has 1 N–H and O–H groups in total. The molecule has 8 nitrogen and oxygen atoms in total. The summed E-state index contributed by atoms with van der Waals surface area (Å²) in [5.74, 6) is 1.33. The Morgan fingerprint density at radius 1 is 1.03 bits per heavy atom. The molecule has 2 aromatic carbocycles. The Balaban J connectivity index is 1.41. The molecule has 34 heavy (non-hydrogen) atoms. The maximum absolute atomic E-state index is 11.8. The zero-order valence-electron chi connectivity index (χ0n) is 19.2. The van der Waals surface area contributed by atoms with Crippen LogP contribution >= 0.6 is 0 Å². The molecule has 9 heteroatoms. The van der Waals surface area contributed by atoms with E-state index in [1.165, 1.54) is 10.6 Å². The number of fused-ring (bicyclic) bond motifs is 2. The molecule has 0 radical (unpaired) electrons. The van der Waals surface area contributed by atoms with Gasteiger partial charge in [-0.05, 0) is 49.4 Å². The van der Waals surface area contributed by atoms with E-state index in [9.17, 15) is 8.42 Å². The van der Waals surface area contributed by atoms with Crippen LogP contribution in [0.5, 0.6) is 5.88 Å². The number of rotatable bonds is 6. The largest absolute Gasteiger partial charge is 0.474 e. The third-order valence-electron chi connectivity index (χ3n) is 6.21. The van der Waals surface area contributed by atoms with E-state index in [0.29, 0.717) is 31.8 Å². The smallest absolute Gasteiger partial charge is 0.221 e. The van der Waals surface area contributed by atoms with Crippen molar-refractivity contribution in [2.75, 3.05) is 24.7 Å². The molecule has 2 aromatic heterocycles. The SMILES string of the molecule is CC(Nc1ncnc2ccccc12)c1cc2ccccc2c(OC2CCN(S(C)(=O)=O)CC2)n1. The number of piperidine rings is 1. The van der Waals surface area contributed by atoms with E-state index < -0.39 is 10.0 Å². The zero-order valence-corrected chi connectivity index (χ0v) is 20.0. The first-order valence-electron chi connectivity index (χ1n) is 11.4. The molecule has 3 heterocycles. The molecule has 1 fully saturated rings. The van der Waals surface area contributed by atoms with Gasteiger partial charge < -0.3 is 10.1 Å². The van der Waals surface area contributed by atoms with Crippen LogP contribution in [0.1, 0.15) is 31.5 Å². The number of hydrogen-bond acceptors (Lipinski definition) is 7. The molecule has 0 spiro atoms. The van der Waals surface area contributed by atoms with Crippen molar-refractivity contribution in [2.24, 2.45) is 0 Å². The Labute approximate surface area is 199 Å². The predicted octanol–water partition coefficient (Wildman–Crippen LogP) is 4.15. The van der Waals surface area contributed by atoms with Gasteiger partial charge in [0.2, 0.25) is 15.9 Å². The first-order valence-corrected chi connectivity index (χ1v) is 13.2. The topological polar surface area (TPSA) is 97.3 Å². The number of nitrogens with one attached hydrogen (secondary N) is 1. The van der Waals surface area contributed by atoms with Crippen molar-refractivity contribution in [1.82, 2.24) is 19.3 Å². The first-order chi connectivity index (χ1) is 16.4. The number of sulfonamides is 1. The molecule has 176 valence electrons. The lowest BCUT2D eigenvalue weighted by atomic mass is 10.1. The first kappa shape index (κ1) is 22.5. The van der Waals surface area contributed by atoms with E-state index in [1.807, 2.05) is 55.5 Å². The minimum Gasteiger partial charge on any atom is -0.474 e. The zero-order chi connectivity index (χ0) is 23.7. The Morgan fingerprint density at radius 3 is 2.50 bits per heavy atom. The average Bonchev–Trinajstić information content (AvgIpc) is 2.84. The molecule has 0 amide bonds. The van der Waals surface area contributed by atoms with Gasteiger partial charge in [-0.25, -0.2) is 27.7 Å². The van der Waals surface area contributed by atoms with Gasteiger partial charge in [-0.3, -0.25) is 0 Å². The number of hydrogen-bond donors (Lipinski definition) is 1. The highest BCUT2D eigenvalue weighted by Crippen LogP contribution is 2.31. The minimum atomic E-state index is -3.18. The third kappa shape index (κ3) is 4.67. The van der Waals surface area contributed by atoms with Gasteiger partial charge in [0.25, 0.3) is 0 Å². The van der Waals surface area contributed by atoms with Crippen molar-refractivity contribution in [1.29, 1.82) is 0 Å². The number of aromatic nitrogens is 3. The summed E-state index contributed by atoms with van der Waals surface area (Å²) in [5, 5.41) is 6.41. The molecular weight excluding hydrogens is 450 g/mol. The molecule has 1 saturated heterocycles. The van der Waals surface area contributed by atoms with Crippen molar-refractivity contribution < 1.29 is 13.2 Å². The van der Waals surface area contributed by atoms with Crippen LogP contribution in [0.15, 0.2) is 60.9 Å². The lowest BCUT2D eigenvalue weighted by Crippen LogP contribution is -2.41. The monoisotopic (exact) mass is 477 g/mol. The van der Waals surface area contributed by atoms with Gasteiger partial charge in [-0.15, -0.1) is 0 Å². The Kier molecular flexibility index (Phi) is 6.05. The van der Waals surface area contributed by atoms with Gasteiger partial charge in [0.1, 0.15) is 18.2 Å². The van der Waals surface area contributed by atoms with E-state index in [-0.39, 0.29) is 12.1 Å². The van der Waals surface area contributed by atoms with Gasteiger partial charge in [0, 0.05) is 23.9 Å². The molecule has 0 bridgehead atoms. The van der Waals surface area contributed by atoms with Crippen molar-refractivity contribution in [3.63, 3.8) is 0 Å². The van der Waals surface area contributed by atoms with Crippen LogP contribution < -0.4 is 10.1 Å². The summed E-state index contributed by atoms with van der Waals surface area (Å²) in [4.78, 5) is 13.7. The van der Waals surface area contributed by atoms with Crippen molar-refractivity contribution in [3.05, 3.63) is 66.6 Å². The summed E-state index contributed by atoms with van der Waals surface area (Å²) < 4.78 is 31.5. The number of anilines is 1. The lowest BCUT2D eigenvalue weighted by Gasteiger charge is -2.30. The second kappa shape index (κ2) is 9.15. The van der Waals surface area contributed by atoms with Crippen LogP contribution in [0.4, 0.5) is 5.82 Å². The number of para-hydroxylation sites is 1. The molecule has 0 saturated carbocycles. The second-order valence-corrected chi connectivity index (χ2v) is 10.6. The number of pyridine rings is 1. The molecule has 1 atom stereocenters. The maximum atomic E-state index is 11.8. The molecule has 1 unspecified atom stereocenters. The maximum Gasteiger partial charge on any atom is 0.221 e. The van der Waals surface area contributed by atoms with Crippen LogP contribution in [-0.4, -0.2) is 53.1 Å². The van der Waals surface area contributed by atoms with Gasteiger partial charge in [0.15, 0.2) is 0 Å². The minimum absolute atomic E-state index is 0.0850. The standard InChI is InChI=1S/C25H27N5O3S/c1-17(28-24-21-9-5-6-10-22(21)26-16-27-24)23-15-18-7-3-4-8-20(18)25(29-23)33-19-11-13-30(14-12-19)34(2,31)32/h3-10,15-17,19H,11-14H2,1-2H3,(H,26,27,28). The van der Waals surface area contributed by atoms with Crippen molar-refractivity contribution >= 4 is 37.5 Å². The fraction of sp³-hybridized carbons (Fsp3) is 0.320. The van der Waals surface area contributed by atoms with Crippen LogP contribution in [0.25, 0.3) is 21.7 Å². The summed E-state index contributed by atoms with van der Waals surface area (Å²) in [6.07, 6.45) is 3.99. The van der Waals surface area contributed by atoms with Crippen molar-refractivity contribution in [3.8, 4) is 5.88 Å². The molecule has 1 aliphatic heterocycles. The highest BCUT2D eigenvalue weighted by atomic mass is 32.2. The van der Waals surface area contributed by atoms with Gasteiger partial charge in [0.05, 0.1) is 23.5 Å². The fourth-order valence-corrected chi connectivity index (χ4v) is 5.21. The number of benzene rings is 2. The lowest BCUT2D eigenvalue weighted by molar-refractivity contribution is 0.132. The van der Waals surface area contributed by atoms with Crippen LogP contribution in [0, 0.1) is 0 Å². The van der Waals surface area contributed by atoms with Crippen LogP contribution in [-0.2, 0) is 10.0 Å². The summed E-state index contributed by atoms with van der Waals surface area (Å²) in [6, 6.07) is 17.8. The van der Waals surface area contributed by atoms with E-state index in [1.54, 1.807) is 6.33 Å². The highest BCUT2D eigenvalue weighted by molar-refractivity contribution is 7.88. The molecule has 1 aliphatic rings. The Bertz CT molecular complexity index is 1430. The normalized spacial score (nSPS) is 16.5. The summed E-state index contributed by atoms with van der Waals surface area (Å²) in [6.45, 7) is 2.96. The van der Waals surface area contributed by atoms with Crippen LogP contribution in [0.3, 0.4) is 0 Å². The van der Waals surface area contributed by atoms with Crippen molar-refractivity contribution in [2.45, 2.75) is 31.9 Å². The predicted molar refractivity (Wildman–Crippen MR) is 133 cm³/mol. The van der Waals surface area contributed by atoms with Gasteiger partial charge in [-0.2, -0.15) is 0 Å². The van der Waals surface area contributed by atoms with E-state index in [2.05, 4.69) is 21.4 Å². The Morgan fingerprint density at radius 2 is 1.74 bits per heavy atom. The fourth-order valence-electron chi connectivity index (χ4n) is 4.34. The molecular formula is C25H27N5O3S. The number of ether oxygens (including phenoxy) is 1. The van der Waals surface area contributed by atoms with E-state index in [0.717, 1.165) is 33.2 Å². The van der Waals surface area contributed by atoms with E-state index in [4.69, 9.17) is 9.72 Å². The van der Waals surface area contributed by atoms with Crippen LogP contribution in [0.2, 0.25) is 0 Å².